The molecule has 0 aliphatic heterocycles. The van der Waals surface area contributed by atoms with E-state index in [1.54, 1.807) is 6.20 Å². The number of benzene rings is 3. The largest absolute Gasteiger partial charge is 0.494 e. The minimum absolute atomic E-state index is 0.230. The summed E-state index contributed by atoms with van der Waals surface area (Å²) in [6.07, 6.45) is 1.80. The fourth-order valence-electron chi connectivity index (χ4n) is 4.07. The molecule has 186 valence electrons. The topological polar surface area (TPSA) is 66.6 Å². The molecule has 1 aromatic heterocycles. The number of nitrogens with zero attached hydrogens (tertiary/aromatic N) is 1. The van der Waals surface area contributed by atoms with Crippen molar-refractivity contribution in [2.45, 2.75) is 40.2 Å². The predicted molar refractivity (Wildman–Crippen MR) is 148 cm³/mol. The van der Waals surface area contributed by atoms with E-state index >= 15 is 0 Å². The number of rotatable bonds is 8. The van der Waals surface area contributed by atoms with Crippen LogP contribution in [0, 0.1) is 0 Å². The van der Waals surface area contributed by atoms with E-state index in [4.69, 9.17) is 19.9 Å². The van der Waals surface area contributed by atoms with Crippen molar-refractivity contribution in [1.82, 2.24) is 4.98 Å². The molecule has 0 spiro atoms. The lowest BCUT2D eigenvalue weighted by molar-refractivity contribution is 0.131. The molecule has 0 fully saturated rings. The molecule has 0 saturated heterocycles. The molecule has 5 heteroatoms. The van der Waals surface area contributed by atoms with E-state index in [0.717, 1.165) is 50.8 Å². The Kier molecular flexibility index (Phi) is 7.49. The average molecular weight is 483 g/mol. The van der Waals surface area contributed by atoms with Crippen LogP contribution in [-0.4, -0.2) is 23.8 Å². The van der Waals surface area contributed by atoms with Gasteiger partial charge in [0.25, 0.3) is 0 Å². The maximum Gasteiger partial charge on any atom is 0.132 e. The summed E-state index contributed by atoms with van der Waals surface area (Å²) in [6.45, 7) is 11.2. The quantitative estimate of drug-likeness (QED) is 0.261. The molecule has 4 rings (SSSR count). The van der Waals surface area contributed by atoms with Gasteiger partial charge in [0.15, 0.2) is 0 Å². The van der Waals surface area contributed by atoms with Crippen molar-refractivity contribution in [3.05, 3.63) is 79.0 Å². The lowest BCUT2D eigenvalue weighted by Crippen LogP contribution is -2.22. The number of anilines is 1. The van der Waals surface area contributed by atoms with Crippen LogP contribution in [0.15, 0.2) is 79.0 Å². The summed E-state index contributed by atoms with van der Waals surface area (Å²) in [5.41, 5.74) is 12.8. The van der Waals surface area contributed by atoms with Gasteiger partial charge in [0.1, 0.15) is 22.8 Å². The first kappa shape index (κ1) is 25.1. The first-order valence-corrected chi connectivity index (χ1v) is 12.3. The fraction of sp³-hybridized carbons (Fsp3) is 0.258. The van der Waals surface area contributed by atoms with Crippen LogP contribution in [-0.2, 0) is 0 Å². The number of nitrogen functional groups attached to an aromatic ring is 1. The van der Waals surface area contributed by atoms with E-state index in [2.05, 4.69) is 29.2 Å². The molecule has 0 aliphatic rings. The highest BCUT2D eigenvalue weighted by Gasteiger charge is 2.14. The van der Waals surface area contributed by atoms with Gasteiger partial charge in [-0.1, -0.05) is 24.3 Å². The molecule has 0 saturated carbocycles. The Hall–Kier alpha value is -3.99. The first-order valence-electron chi connectivity index (χ1n) is 12.3. The van der Waals surface area contributed by atoms with E-state index in [-0.39, 0.29) is 5.60 Å². The van der Waals surface area contributed by atoms with Crippen molar-refractivity contribution < 1.29 is 14.2 Å². The average Bonchev–Trinajstić information content (AvgIpc) is 2.84. The maximum atomic E-state index is 6.54. The van der Waals surface area contributed by atoms with Gasteiger partial charge >= 0.3 is 0 Å². The summed E-state index contributed by atoms with van der Waals surface area (Å²) in [6, 6.07) is 24.1. The molecule has 4 aromatic rings. The zero-order valence-electron chi connectivity index (χ0n) is 21.7. The van der Waals surface area contributed by atoms with Crippen molar-refractivity contribution in [3.63, 3.8) is 0 Å². The molecule has 0 aliphatic carbocycles. The lowest BCUT2D eigenvalue weighted by Gasteiger charge is -2.21. The van der Waals surface area contributed by atoms with Crippen LogP contribution >= 0.6 is 0 Å². The van der Waals surface area contributed by atoms with Gasteiger partial charge in [0.05, 0.1) is 18.9 Å². The van der Waals surface area contributed by atoms with E-state index in [9.17, 15) is 0 Å². The third-order valence-electron chi connectivity index (χ3n) is 5.57. The van der Waals surface area contributed by atoms with Crippen LogP contribution in [0.4, 0.5) is 5.69 Å². The molecule has 0 atom stereocenters. The third-order valence-corrected chi connectivity index (χ3v) is 5.57. The highest BCUT2D eigenvalue weighted by Crippen LogP contribution is 2.36. The lowest BCUT2D eigenvalue weighted by atomic mass is 9.97. The Morgan fingerprint density at radius 1 is 0.694 bits per heavy atom. The summed E-state index contributed by atoms with van der Waals surface area (Å²) in [4.78, 5) is 4.61. The highest BCUT2D eigenvalue weighted by molar-refractivity contribution is 5.83. The normalized spacial score (nSPS) is 11.2. The molecule has 1 heterocycles. The number of pyridine rings is 1. The van der Waals surface area contributed by atoms with E-state index in [1.165, 1.54) is 0 Å². The Labute approximate surface area is 213 Å². The molecular formula is C31H34N2O3. The molecule has 0 bridgehead atoms. The Bertz CT molecular complexity index is 1320. The van der Waals surface area contributed by atoms with Crippen LogP contribution in [0.2, 0.25) is 0 Å². The highest BCUT2D eigenvalue weighted by atomic mass is 16.5. The third kappa shape index (κ3) is 5.98. The second-order valence-electron chi connectivity index (χ2n) is 9.49. The number of nitrogens with two attached hydrogens (primary N) is 1. The molecule has 5 nitrogen and oxygen atoms in total. The monoisotopic (exact) mass is 482 g/mol. The zero-order valence-corrected chi connectivity index (χ0v) is 21.7. The van der Waals surface area contributed by atoms with Crippen molar-refractivity contribution in [3.8, 4) is 50.8 Å². The fourth-order valence-corrected chi connectivity index (χ4v) is 4.07. The second-order valence-corrected chi connectivity index (χ2v) is 9.49. The SMILES string of the molecule is CCOc1ccc(-c2cc(-c3ccc(-c4ccc(OC(C)(C)C)cc4)cc3N)ccn2)c(OCC)c1. The van der Waals surface area contributed by atoms with Crippen molar-refractivity contribution in [2.75, 3.05) is 18.9 Å². The summed E-state index contributed by atoms with van der Waals surface area (Å²) in [5.74, 6) is 2.37. The molecule has 0 unspecified atom stereocenters. The molecule has 2 N–H and O–H groups in total. The van der Waals surface area contributed by atoms with Gasteiger partial charge in [0, 0.05) is 29.1 Å². The van der Waals surface area contributed by atoms with E-state index in [1.807, 2.05) is 83.1 Å². The predicted octanol–water partition coefficient (Wildman–Crippen LogP) is 7.64. The summed E-state index contributed by atoms with van der Waals surface area (Å²) < 4.78 is 17.5. The molecule has 0 amide bonds. The van der Waals surface area contributed by atoms with Gasteiger partial charge in [0.2, 0.25) is 0 Å². The van der Waals surface area contributed by atoms with Gasteiger partial charge in [-0.15, -0.1) is 0 Å². The van der Waals surface area contributed by atoms with E-state index in [0.29, 0.717) is 18.9 Å². The van der Waals surface area contributed by atoms with Crippen LogP contribution in [0.25, 0.3) is 33.5 Å². The van der Waals surface area contributed by atoms with E-state index < -0.39 is 0 Å². The van der Waals surface area contributed by atoms with Crippen molar-refractivity contribution >= 4 is 5.69 Å². The number of aromatic nitrogens is 1. The standard InChI is InChI=1S/C31H34N2O3/c1-6-34-25-13-15-27(30(20-25)35-7-2)29-19-23(16-17-33-29)26-14-10-22(18-28(26)32)21-8-11-24(12-9-21)36-31(3,4)5/h8-20H,6-7,32H2,1-5H3. The first-order chi connectivity index (χ1) is 17.3. The smallest absolute Gasteiger partial charge is 0.132 e. The van der Waals surface area contributed by atoms with Gasteiger partial charge < -0.3 is 19.9 Å². The number of hydrogen-bond acceptors (Lipinski definition) is 5. The van der Waals surface area contributed by atoms with Crippen molar-refractivity contribution in [1.29, 1.82) is 0 Å². The number of hydrogen-bond donors (Lipinski definition) is 1. The van der Waals surface area contributed by atoms with Gasteiger partial charge in [-0.25, -0.2) is 0 Å². The van der Waals surface area contributed by atoms with Crippen LogP contribution < -0.4 is 19.9 Å². The Balaban J connectivity index is 1.63. The van der Waals surface area contributed by atoms with Crippen LogP contribution in [0.1, 0.15) is 34.6 Å². The Morgan fingerprint density at radius 3 is 2.03 bits per heavy atom. The Morgan fingerprint density at radius 2 is 1.36 bits per heavy atom. The van der Waals surface area contributed by atoms with Crippen LogP contribution in [0.3, 0.4) is 0 Å². The number of ether oxygens (including phenoxy) is 3. The molecule has 0 radical (unpaired) electrons. The maximum absolute atomic E-state index is 6.54. The minimum atomic E-state index is -0.230. The van der Waals surface area contributed by atoms with Gasteiger partial charge in [-0.05, 0) is 93.8 Å². The van der Waals surface area contributed by atoms with Crippen molar-refractivity contribution in [2.24, 2.45) is 0 Å². The minimum Gasteiger partial charge on any atom is -0.494 e. The summed E-state index contributed by atoms with van der Waals surface area (Å²) >= 11 is 0. The second kappa shape index (κ2) is 10.7. The molecule has 36 heavy (non-hydrogen) atoms. The van der Waals surface area contributed by atoms with Gasteiger partial charge in [-0.2, -0.15) is 0 Å². The molecular weight excluding hydrogens is 448 g/mol. The molecule has 3 aromatic carbocycles. The van der Waals surface area contributed by atoms with Crippen LogP contribution in [0.5, 0.6) is 17.2 Å². The zero-order chi connectivity index (χ0) is 25.7. The summed E-state index contributed by atoms with van der Waals surface area (Å²) in [7, 11) is 0. The summed E-state index contributed by atoms with van der Waals surface area (Å²) in [5, 5.41) is 0. The van der Waals surface area contributed by atoms with Gasteiger partial charge in [-0.3, -0.25) is 4.98 Å².